The predicted molar refractivity (Wildman–Crippen MR) is 493 cm³/mol. The third kappa shape index (κ3) is 20.8. The maximum Gasteiger partial charge on any atom is 0.393 e. The minimum absolute atomic E-state index is 0.318. The molecule has 0 N–H and O–H groups in total. The van der Waals surface area contributed by atoms with Crippen molar-refractivity contribution in [1.82, 2.24) is 0 Å². The van der Waals surface area contributed by atoms with Gasteiger partial charge in [-0.3, -0.25) is 0 Å². The molecule has 4 saturated heterocycles. The molecule has 0 unspecified atom stereocenters. The SMILES string of the molecule is Cc1cc(CC(F)(F)F)cc(-c2c3ccc([Si]4(C)CCC(C)(C)CC4)cc3cc[n+]2C)c1C.Cc1cc(CC(F)(F)F)cc(-c2c3ccc([Si]4(C)CCC4)cc3cc[n+]2C)c1C.Cc1cc(CC(F)(F)F)cc(-c2c3ccc([Si]4(C)CCCC4)cc3cc[n+]2C)c1C.Cc1cc(CC(F)(F)F)cc(-c2c3ccc([Si]4(C)CCCCC4)cc3cc[n+]2C)c1C. The molecule has 0 spiro atoms. The lowest BCUT2D eigenvalue weighted by molar-refractivity contribution is -0.659. The number of aryl methyl sites for hydroxylation is 8. The second-order valence-electron chi connectivity index (χ2n) is 38.8. The van der Waals surface area contributed by atoms with Crippen molar-refractivity contribution in [3.05, 3.63) is 237 Å². The van der Waals surface area contributed by atoms with Crippen LogP contribution in [0, 0.1) is 60.8 Å². The number of halogens is 12. The maximum atomic E-state index is 13.1. The molecule has 4 aliphatic heterocycles. The molecule has 0 radical (unpaired) electrons. The van der Waals surface area contributed by atoms with Crippen molar-refractivity contribution in [3.8, 4) is 45.0 Å². The van der Waals surface area contributed by atoms with Gasteiger partial charge in [0.15, 0.2) is 24.8 Å². The number of hydrogen-bond acceptors (Lipinski definition) is 0. The summed E-state index contributed by atoms with van der Waals surface area (Å²) in [7, 11) is 2.29. The molecule has 16 rings (SSSR count). The van der Waals surface area contributed by atoms with Crippen molar-refractivity contribution in [1.29, 1.82) is 0 Å². The lowest BCUT2D eigenvalue weighted by Crippen LogP contribution is -2.50. The summed E-state index contributed by atoms with van der Waals surface area (Å²) in [5, 5.41) is 15.1. The number of hydrogen-bond donors (Lipinski definition) is 0. The Kier molecular flexibility index (Phi) is 26.5. The van der Waals surface area contributed by atoms with Crippen molar-refractivity contribution in [2.45, 2.75) is 246 Å². The molecule has 4 aliphatic rings. The summed E-state index contributed by atoms with van der Waals surface area (Å²) >= 11 is 0. The molecule has 8 heterocycles. The molecular formula is C103H122F12N4Si4+4. The van der Waals surface area contributed by atoms with Crippen LogP contribution in [-0.4, -0.2) is 57.0 Å². The van der Waals surface area contributed by atoms with Crippen LogP contribution in [0.4, 0.5) is 52.7 Å². The fourth-order valence-electron chi connectivity index (χ4n) is 20.2. The molecule has 4 aromatic heterocycles. The van der Waals surface area contributed by atoms with Gasteiger partial charge >= 0.3 is 24.7 Å². The van der Waals surface area contributed by atoms with Gasteiger partial charge in [-0.05, 0) is 198 Å². The average Bonchev–Trinajstić information content (AvgIpc) is 1.31. The Labute approximate surface area is 723 Å². The zero-order chi connectivity index (χ0) is 89.2. The Morgan fingerprint density at radius 2 is 0.488 bits per heavy atom. The Bertz CT molecular complexity index is 5990. The molecule has 0 atom stereocenters. The first-order valence-electron chi connectivity index (χ1n) is 43.9. The average molecular weight is 1760 g/mol. The summed E-state index contributed by atoms with van der Waals surface area (Å²) in [6, 6.07) is 60.2. The topological polar surface area (TPSA) is 15.5 Å². The molecule has 12 aromatic rings. The second kappa shape index (κ2) is 35.3. The van der Waals surface area contributed by atoms with Gasteiger partial charge in [0, 0.05) is 24.3 Å². The van der Waals surface area contributed by atoms with Gasteiger partial charge in [0.25, 0.3) is 0 Å². The van der Waals surface area contributed by atoms with E-state index < -0.39 is 82.7 Å². The number of rotatable bonds is 12. The zero-order valence-electron chi connectivity index (χ0n) is 75.1. The van der Waals surface area contributed by atoms with Gasteiger partial charge in [-0.1, -0.05) is 233 Å². The highest BCUT2D eigenvalue weighted by Crippen LogP contribution is 2.44. The number of pyridine rings is 4. The number of alkyl halides is 12. The van der Waals surface area contributed by atoms with Crippen LogP contribution in [0.2, 0.25) is 74.5 Å². The standard InChI is InChI=1S/C28H35F3NSi.C26H31F3NSi.C25H29F3NSi.C24H27F3NSi/c1-19-15-21(18-28(29,30)31)16-25(20(19)2)26-24-8-7-23(17-22(24)9-12-32(26)5)33(6)13-10-27(3,4)11-14-33;1-18-14-20(17-26(27,28)29)15-24(19(18)2)25-23-9-8-22(16-21(23)10-11-30(25)3)31(4)12-6-5-7-13-31;1-17-13-19(16-25(26,27)28)14-23(18(17)2)24-22-8-7-21(30(4)11-5-6-12-30)15-20(22)9-10-29(24)3;1-16-12-18(15-24(25,26)27)13-22(17(16)2)23-21-7-6-20(29(4)10-5-11-29)14-19(21)8-9-28(23)3/h7-9,12,15-17H,10-11,13-14,18H2,1-6H3;8-11,14-16H,5-7,12-13,17H2,1-4H3;7-10,13-15H,5-6,11-12,16H2,1-4H3;6-9,12-14H,5,10-11,15H2,1-4H3/q4*+1. The molecule has 0 amide bonds. The largest absolute Gasteiger partial charge is 0.393 e. The van der Waals surface area contributed by atoms with E-state index in [1.54, 1.807) is 48.5 Å². The molecular weight excluding hydrogens is 1630 g/mol. The Hall–Kier alpha value is -8.57. The molecule has 4 fully saturated rings. The van der Waals surface area contributed by atoms with Gasteiger partial charge in [-0.15, -0.1) is 0 Å². The highest BCUT2D eigenvalue weighted by Gasteiger charge is 2.42. The summed E-state index contributed by atoms with van der Waals surface area (Å²) < 4.78 is 165. The Morgan fingerprint density at radius 1 is 0.276 bits per heavy atom. The molecule has 4 nitrogen and oxygen atoms in total. The van der Waals surface area contributed by atoms with Crippen LogP contribution in [0.1, 0.15) is 132 Å². The van der Waals surface area contributed by atoms with Crippen LogP contribution in [-0.2, 0) is 53.9 Å². The van der Waals surface area contributed by atoms with E-state index in [0.29, 0.717) is 27.7 Å². The van der Waals surface area contributed by atoms with Gasteiger partial charge in [0.2, 0.25) is 22.8 Å². The predicted octanol–water partition coefficient (Wildman–Crippen LogP) is 25.6. The van der Waals surface area contributed by atoms with Crippen molar-refractivity contribution >= 4 is 96.1 Å². The van der Waals surface area contributed by atoms with Crippen molar-refractivity contribution in [3.63, 3.8) is 0 Å². The van der Waals surface area contributed by atoms with E-state index in [1.807, 2.05) is 127 Å². The smallest absolute Gasteiger partial charge is 0.200 e. The monoisotopic (exact) mass is 1750 g/mol. The van der Waals surface area contributed by atoms with Crippen molar-refractivity contribution in [2.24, 2.45) is 33.6 Å². The summed E-state index contributed by atoms with van der Waals surface area (Å²) in [4.78, 5) is 0. The van der Waals surface area contributed by atoms with Crippen LogP contribution in [0.3, 0.4) is 0 Å². The molecule has 0 saturated carbocycles. The van der Waals surface area contributed by atoms with E-state index in [4.69, 9.17) is 0 Å². The summed E-state index contributed by atoms with van der Waals surface area (Å²) in [5.74, 6) is 0. The number of fused-ring (bicyclic) bond motifs is 4. The van der Waals surface area contributed by atoms with Crippen LogP contribution in [0.25, 0.3) is 88.1 Å². The quantitative estimate of drug-likeness (QED) is 0.0658. The fraction of sp³-hybridized carbons (Fsp3) is 0.417. The van der Waals surface area contributed by atoms with Gasteiger partial charge in [0.1, 0.15) is 28.2 Å². The van der Waals surface area contributed by atoms with E-state index in [2.05, 4.69) is 137 Å². The fourth-order valence-corrected chi connectivity index (χ4v) is 35.2. The van der Waals surface area contributed by atoms with Crippen LogP contribution in [0.5, 0.6) is 0 Å². The van der Waals surface area contributed by atoms with Crippen LogP contribution >= 0.6 is 0 Å². The molecule has 123 heavy (non-hydrogen) atoms. The number of nitrogens with zero attached hydrogens (tertiary/aromatic N) is 4. The minimum Gasteiger partial charge on any atom is -0.200 e. The number of aromatic nitrogens is 4. The highest BCUT2D eigenvalue weighted by atomic mass is 28.3. The third-order valence-electron chi connectivity index (χ3n) is 28.7. The van der Waals surface area contributed by atoms with E-state index in [0.717, 1.165) is 111 Å². The molecule has 0 bridgehead atoms. The van der Waals surface area contributed by atoms with E-state index in [9.17, 15) is 52.7 Å². The normalized spacial score (nSPS) is 16.8. The summed E-state index contributed by atoms with van der Waals surface area (Å²) in [5.41, 5.74) is 16.9. The molecule has 20 heteroatoms. The lowest BCUT2D eigenvalue weighted by atomic mass is 9.87. The van der Waals surface area contributed by atoms with E-state index in [-0.39, 0.29) is 0 Å². The summed E-state index contributed by atoms with van der Waals surface area (Å²) in [6.45, 7) is 30.3. The second-order valence-corrected chi connectivity index (χ2v) is 57.6. The first kappa shape index (κ1) is 92.1. The lowest BCUT2D eigenvalue weighted by Gasteiger charge is -2.40. The van der Waals surface area contributed by atoms with Gasteiger partial charge in [0.05, 0.1) is 102 Å². The Morgan fingerprint density at radius 3 is 0.699 bits per heavy atom. The van der Waals surface area contributed by atoms with Gasteiger partial charge in [-0.25, -0.2) is 18.3 Å². The highest BCUT2D eigenvalue weighted by molar-refractivity contribution is 6.93. The van der Waals surface area contributed by atoms with Crippen LogP contribution in [0.15, 0.2) is 170 Å². The number of benzene rings is 8. The molecule has 0 aliphatic carbocycles. The zero-order valence-corrected chi connectivity index (χ0v) is 79.1. The molecule has 8 aromatic carbocycles. The van der Waals surface area contributed by atoms with Gasteiger partial charge < -0.3 is 0 Å². The van der Waals surface area contributed by atoms with Gasteiger partial charge in [-0.2, -0.15) is 52.7 Å². The van der Waals surface area contributed by atoms with E-state index >= 15 is 0 Å². The van der Waals surface area contributed by atoms with E-state index in [1.165, 1.54) is 142 Å². The maximum absolute atomic E-state index is 13.1. The summed E-state index contributed by atoms with van der Waals surface area (Å²) in [6.07, 6.45) is -1.73. The first-order valence-corrected chi connectivity index (χ1v) is 55.6. The minimum atomic E-state index is -4.22. The van der Waals surface area contributed by atoms with Crippen molar-refractivity contribution in [2.75, 3.05) is 0 Å². The van der Waals surface area contributed by atoms with Crippen molar-refractivity contribution < 1.29 is 71.0 Å². The van der Waals surface area contributed by atoms with Crippen LogP contribution < -0.4 is 39.0 Å². The third-order valence-corrected chi connectivity index (χ3v) is 47.0. The Balaban J connectivity index is 0.000000141. The first-order chi connectivity index (χ1) is 57.5. The molecule has 650 valence electrons.